The predicted molar refractivity (Wildman–Crippen MR) is 256 cm³/mol. The molecule has 0 aromatic heterocycles. The maximum absolute atomic E-state index is 12.8. The number of ether oxygens (including phenoxy) is 3. The smallest absolute Gasteiger partial charge is 0.306 e. The molecule has 0 amide bonds. The number of carbonyl (C=O) groups is 3. The minimum absolute atomic E-state index is 0.0649. The molecule has 0 aromatic carbocycles. The average molecular weight is 849 g/mol. The number of unbranched alkanes of at least 4 members (excludes halogenated alkanes) is 29. The Kier molecular flexibility index (Phi) is 44.2. The fourth-order valence-electron chi connectivity index (χ4n) is 8.08. The van der Waals surface area contributed by atoms with Gasteiger partial charge in [-0.05, 0) is 37.0 Å². The summed E-state index contributed by atoms with van der Waals surface area (Å²) in [5.74, 6) is 1.64. The molecule has 0 aromatic rings. The molecule has 0 saturated heterocycles. The quantitative estimate of drug-likeness (QED) is 0.0345. The van der Waals surface area contributed by atoms with E-state index < -0.39 is 6.10 Å². The molecule has 0 N–H and O–H groups in total. The molecular formula is C54H104O6. The van der Waals surface area contributed by atoms with Gasteiger partial charge < -0.3 is 14.2 Å². The molecule has 0 saturated carbocycles. The molecule has 0 heterocycles. The summed E-state index contributed by atoms with van der Waals surface area (Å²) in [4.78, 5) is 38.0. The van der Waals surface area contributed by atoms with Crippen LogP contribution in [0, 0.1) is 17.8 Å². The fourth-order valence-corrected chi connectivity index (χ4v) is 8.08. The molecule has 6 nitrogen and oxygen atoms in total. The highest BCUT2D eigenvalue weighted by Crippen LogP contribution is 2.18. The van der Waals surface area contributed by atoms with E-state index in [2.05, 4.69) is 41.5 Å². The van der Waals surface area contributed by atoms with Gasteiger partial charge >= 0.3 is 17.9 Å². The highest BCUT2D eigenvalue weighted by atomic mass is 16.6. The summed E-state index contributed by atoms with van der Waals surface area (Å²) in [5, 5.41) is 0. The van der Waals surface area contributed by atoms with Crippen molar-refractivity contribution in [2.75, 3.05) is 13.2 Å². The minimum atomic E-state index is -0.763. The maximum Gasteiger partial charge on any atom is 0.306 e. The van der Waals surface area contributed by atoms with Gasteiger partial charge in [-0.15, -0.1) is 0 Å². The largest absolute Gasteiger partial charge is 0.462 e. The highest BCUT2D eigenvalue weighted by Gasteiger charge is 2.19. The van der Waals surface area contributed by atoms with E-state index >= 15 is 0 Å². The van der Waals surface area contributed by atoms with E-state index in [1.165, 1.54) is 173 Å². The van der Waals surface area contributed by atoms with Crippen molar-refractivity contribution in [3.63, 3.8) is 0 Å². The van der Waals surface area contributed by atoms with E-state index in [4.69, 9.17) is 14.2 Å². The van der Waals surface area contributed by atoms with Crippen LogP contribution in [-0.4, -0.2) is 37.2 Å². The highest BCUT2D eigenvalue weighted by molar-refractivity contribution is 5.71. The van der Waals surface area contributed by atoms with Crippen molar-refractivity contribution in [1.29, 1.82) is 0 Å². The average Bonchev–Trinajstić information content (AvgIpc) is 3.22. The Morgan fingerprint density at radius 3 is 0.867 bits per heavy atom. The summed E-state index contributed by atoms with van der Waals surface area (Å²) in [7, 11) is 0. The Labute approximate surface area is 374 Å². The van der Waals surface area contributed by atoms with Crippen molar-refractivity contribution in [2.24, 2.45) is 17.8 Å². The summed E-state index contributed by atoms with van der Waals surface area (Å²) < 4.78 is 16.8. The van der Waals surface area contributed by atoms with Gasteiger partial charge in [0.05, 0.1) is 0 Å². The Morgan fingerprint density at radius 2 is 0.583 bits per heavy atom. The normalized spacial score (nSPS) is 12.6. The second-order valence-corrected chi connectivity index (χ2v) is 19.7. The Morgan fingerprint density at radius 1 is 0.333 bits per heavy atom. The van der Waals surface area contributed by atoms with Crippen LogP contribution in [0.4, 0.5) is 0 Å². The van der Waals surface area contributed by atoms with E-state index in [1.807, 2.05) is 0 Å². The van der Waals surface area contributed by atoms with E-state index in [9.17, 15) is 14.4 Å². The molecule has 0 spiro atoms. The lowest BCUT2D eigenvalue weighted by Gasteiger charge is -2.18. The lowest BCUT2D eigenvalue weighted by atomic mass is 10.00. The Hall–Kier alpha value is -1.59. The van der Waals surface area contributed by atoms with Crippen LogP contribution in [0.3, 0.4) is 0 Å². The Bertz CT molecular complexity index is 931. The molecule has 0 bridgehead atoms. The third-order valence-electron chi connectivity index (χ3n) is 12.5. The van der Waals surface area contributed by atoms with Crippen molar-refractivity contribution in [2.45, 2.75) is 298 Å². The zero-order chi connectivity index (χ0) is 44.2. The third kappa shape index (κ3) is 45.9. The summed E-state index contributed by atoms with van der Waals surface area (Å²) in [5.41, 5.74) is 0. The van der Waals surface area contributed by atoms with Crippen molar-refractivity contribution in [3.05, 3.63) is 0 Å². The van der Waals surface area contributed by atoms with Crippen LogP contribution in [0.2, 0.25) is 0 Å². The zero-order valence-electron chi connectivity index (χ0n) is 41.3. The van der Waals surface area contributed by atoms with Gasteiger partial charge in [-0.25, -0.2) is 0 Å². The van der Waals surface area contributed by atoms with Crippen LogP contribution in [0.1, 0.15) is 292 Å². The first kappa shape index (κ1) is 58.4. The van der Waals surface area contributed by atoms with Crippen LogP contribution >= 0.6 is 0 Å². The molecule has 6 heteroatoms. The van der Waals surface area contributed by atoms with Gasteiger partial charge in [-0.3, -0.25) is 14.4 Å². The monoisotopic (exact) mass is 849 g/mol. The van der Waals surface area contributed by atoms with Crippen LogP contribution in [0.25, 0.3) is 0 Å². The van der Waals surface area contributed by atoms with E-state index in [-0.39, 0.29) is 31.1 Å². The molecule has 0 aliphatic carbocycles. The second-order valence-electron chi connectivity index (χ2n) is 19.7. The van der Waals surface area contributed by atoms with Crippen LogP contribution in [-0.2, 0) is 28.6 Å². The van der Waals surface area contributed by atoms with Crippen molar-refractivity contribution < 1.29 is 28.6 Å². The van der Waals surface area contributed by atoms with Gasteiger partial charge in [-0.1, -0.05) is 253 Å². The summed E-state index contributed by atoms with van der Waals surface area (Å²) in [6.45, 7) is 13.7. The van der Waals surface area contributed by atoms with Gasteiger partial charge in [0.1, 0.15) is 13.2 Å². The van der Waals surface area contributed by atoms with Crippen molar-refractivity contribution in [3.8, 4) is 0 Å². The van der Waals surface area contributed by atoms with Crippen molar-refractivity contribution in [1.82, 2.24) is 0 Å². The Balaban J connectivity index is 4.29. The standard InChI is InChI=1S/C54H104O6/c1-7-50(6)42-36-30-26-27-32-38-44-53(56)59-47-51(60-54(57)45-39-33-25-21-17-13-9-11-15-19-23-29-35-41-49(4)5)46-58-52(55)43-37-31-24-20-16-12-8-10-14-18-22-28-34-40-48(2)3/h48-51H,7-47H2,1-6H3/t50?,51-/m0/s1. The molecule has 1 unspecified atom stereocenters. The first-order valence-corrected chi connectivity index (χ1v) is 26.6. The number of esters is 3. The summed E-state index contributed by atoms with van der Waals surface area (Å²) in [6.07, 6.45) is 45.2. The predicted octanol–water partition coefficient (Wildman–Crippen LogP) is 17.2. The molecule has 356 valence electrons. The fraction of sp³-hybridized carbons (Fsp3) is 0.944. The molecule has 0 aliphatic heterocycles. The van der Waals surface area contributed by atoms with Gasteiger partial charge in [0.2, 0.25) is 0 Å². The van der Waals surface area contributed by atoms with Crippen LogP contribution < -0.4 is 0 Å². The lowest BCUT2D eigenvalue weighted by molar-refractivity contribution is -0.167. The maximum atomic E-state index is 12.8. The first-order valence-electron chi connectivity index (χ1n) is 26.6. The zero-order valence-corrected chi connectivity index (χ0v) is 41.3. The lowest BCUT2D eigenvalue weighted by Crippen LogP contribution is -2.30. The van der Waals surface area contributed by atoms with Gasteiger partial charge in [0.15, 0.2) is 6.10 Å². The first-order chi connectivity index (χ1) is 29.1. The molecular weight excluding hydrogens is 745 g/mol. The third-order valence-corrected chi connectivity index (χ3v) is 12.5. The van der Waals surface area contributed by atoms with E-state index in [0.29, 0.717) is 19.3 Å². The topological polar surface area (TPSA) is 78.9 Å². The summed E-state index contributed by atoms with van der Waals surface area (Å²) >= 11 is 0. The van der Waals surface area contributed by atoms with Gasteiger partial charge in [0, 0.05) is 19.3 Å². The molecule has 0 fully saturated rings. The number of carbonyl (C=O) groups excluding carboxylic acids is 3. The molecule has 0 aliphatic rings. The van der Waals surface area contributed by atoms with E-state index in [1.54, 1.807) is 0 Å². The van der Waals surface area contributed by atoms with Crippen molar-refractivity contribution >= 4 is 17.9 Å². The number of hydrogen-bond acceptors (Lipinski definition) is 6. The number of rotatable bonds is 47. The SMILES string of the molecule is CCC(C)CCCCCCCCC(=O)OC[C@H](COC(=O)CCCCCCCCCCCCCCCC(C)C)OC(=O)CCCCCCCCCCCCCCCC(C)C. The molecule has 0 rings (SSSR count). The minimum Gasteiger partial charge on any atom is -0.462 e. The van der Waals surface area contributed by atoms with E-state index in [0.717, 1.165) is 75.5 Å². The molecule has 0 radical (unpaired) electrons. The molecule has 2 atom stereocenters. The van der Waals surface area contributed by atoms with Crippen LogP contribution in [0.15, 0.2) is 0 Å². The number of hydrogen-bond donors (Lipinski definition) is 0. The second kappa shape index (κ2) is 45.4. The van der Waals surface area contributed by atoms with Gasteiger partial charge in [-0.2, -0.15) is 0 Å². The van der Waals surface area contributed by atoms with Gasteiger partial charge in [0.25, 0.3) is 0 Å². The molecule has 60 heavy (non-hydrogen) atoms. The summed E-state index contributed by atoms with van der Waals surface area (Å²) in [6, 6.07) is 0. The van der Waals surface area contributed by atoms with Crippen LogP contribution in [0.5, 0.6) is 0 Å².